The zero-order valence-corrected chi connectivity index (χ0v) is 16.7. The van der Waals surface area contributed by atoms with E-state index in [1.165, 1.54) is 28.2 Å². The van der Waals surface area contributed by atoms with Crippen molar-refractivity contribution in [3.8, 4) is 22.2 Å². The highest BCUT2D eigenvalue weighted by Gasteiger charge is 2.21. The molecule has 5 rings (SSSR count). The summed E-state index contributed by atoms with van der Waals surface area (Å²) in [5.41, 5.74) is 1.06. The van der Waals surface area contributed by atoms with Crippen molar-refractivity contribution in [1.29, 1.82) is 0 Å². The van der Waals surface area contributed by atoms with Crippen LogP contribution in [0.25, 0.3) is 22.2 Å². The summed E-state index contributed by atoms with van der Waals surface area (Å²) in [5, 5.41) is 13.3. The van der Waals surface area contributed by atoms with Crippen molar-refractivity contribution >= 4 is 22.9 Å². The van der Waals surface area contributed by atoms with E-state index in [1.807, 2.05) is 17.5 Å². The third-order valence-electron chi connectivity index (χ3n) is 4.38. The van der Waals surface area contributed by atoms with Crippen LogP contribution >= 0.6 is 11.3 Å². The second-order valence-electron chi connectivity index (χ2n) is 6.40. The van der Waals surface area contributed by atoms with Gasteiger partial charge in [-0.05, 0) is 53.9 Å². The Hall–Kier alpha value is -4.18. The summed E-state index contributed by atoms with van der Waals surface area (Å²) in [6.07, 6.45) is 4.97. The first kappa shape index (κ1) is 18.8. The van der Waals surface area contributed by atoms with Gasteiger partial charge in [0.05, 0.1) is 16.3 Å². The van der Waals surface area contributed by atoms with E-state index in [-0.39, 0.29) is 11.6 Å². The Bertz CT molecular complexity index is 1330. The van der Waals surface area contributed by atoms with Gasteiger partial charge in [0.1, 0.15) is 5.82 Å². The van der Waals surface area contributed by atoms with Crippen LogP contribution in [0.1, 0.15) is 10.6 Å². The van der Waals surface area contributed by atoms with E-state index in [9.17, 15) is 9.18 Å². The van der Waals surface area contributed by atoms with Crippen molar-refractivity contribution < 1.29 is 9.18 Å². The molecule has 1 N–H and O–H groups in total. The molecule has 152 valence electrons. The molecular weight excluding hydrogens is 417 g/mol. The molecule has 0 saturated carbocycles. The summed E-state index contributed by atoms with van der Waals surface area (Å²) in [6.45, 7) is 0. The van der Waals surface area contributed by atoms with E-state index in [0.717, 1.165) is 4.88 Å². The largest absolute Gasteiger partial charge is 0.316 e. The first-order chi connectivity index (χ1) is 15.2. The molecule has 0 unspecified atom stereocenters. The Morgan fingerprint density at radius 2 is 1.90 bits per heavy atom. The van der Waals surface area contributed by atoms with Gasteiger partial charge in [0.15, 0.2) is 11.6 Å². The Balaban J connectivity index is 1.52. The summed E-state index contributed by atoms with van der Waals surface area (Å²) in [4.78, 5) is 22.6. The van der Waals surface area contributed by atoms with Crippen LogP contribution in [-0.4, -0.2) is 35.4 Å². The summed E-state index contributed by atoms with van der Waals surface area (Å²) >= 11 is 1.47. The lowest BCUT2D eigenvalue weighted by Crippen LogP contribution is -2.16. The lowest BCUT2D eigenvalue weighted by Gasteiger charge is -2.08. The Labute approximate surface area is 179 Å². The molecule has 0 radical (unpaired) electrons. The third-order valence-corrected chi connectivity index (χ3v) is 5.25. The van der Waals surface area contributed by atoms with Gasteiger partial charge < -0.3 is 5.32 Å². The molecule has 0 saturated heterocycles. The number of carbonyl (C=O) groups is 1. The molecule has 5 aromatic rings. The zero-order valence-electron chi connectivity index (χ0n) is 15.9. The topological polar surface area (TPSA) is 90.5 Å². The van der Waals surface area contributed by atoms with Gasteiger partial charge in [-0.25, -0.2) is 23.7 Å². The molecule has 0 bridgehead atoms. The maximum absolute atomic E-state index is 13.4. The number of aromatic nitrogens is 6. The van der Waals surface area contributed by atoms with Gasteiger partial charge in [0.25, 0.3) is 5.91 Å². The summed E-state index contributed by atoms with van der Waals surface area (Å²) in [5.74, 6) is 0.0767. The van der Waals surface area contributed by atoms with E-state index in [4.69, 9.17) is 0 Å². The predicted octanol–water partition coefficient (Wildman–Crippen LogP) is 3.97. The van der Waals surface area contributed by atoms with Crippen molar-refractivity contribution in [2.24, 2.45) is 0 Å². The van der Waals surface area contributed by atoms with Gasteiger partial charge >= 0.3 is 0 Å². The highest BCUT2D eigenvalue weighted by Crippen LogP contribution is 2.26. The lowest BCUT2D eigenvalue weighted by molar-refractivity contribution is 0.101. The average molecular weight is 431 g/mol. The van der Waals surface area contributed by atoms with Crippen molar-refractivity contribution in [2.75, 3.05) is 5.32 Å². The first-order valence-electron chi connectivity index (χ1n) is 9.22. The number of hydrogen-bond acceptors (Lipinski definition) is 6. The lowest BCUT2D eigenvalue weighted by atomic mass is 10.3. The van der Waals surface area contributed by atoms with Crippen LogP contribution in [-0.2, 0) is 0 Å². The van der Waals surface area contributed by atoms with Gasteiger partial charge in [-0.2, -0.15) is 5.10 Å². The highest BCUT2D eigenvalue weighted by atomic mass is 32.1. The second kappa shape index (κ2) is 7.92. The van der Waals surface area contributed by atoms with Crippen LogP contribution in [0.2, 0.25) is 0 Å². The Morgan fingerprint density at radius 3 is 2.65 bits per heavy atom. The van der Waals surface area contributed by atoms with Crippen LogP contribution in [0.4, 0.5) is 10.1 Å². The van der Waals surface area contributed by atoms with Crippen LogP contribution in [0, 0.1) is 5.82 Å². The number of carbonyl (C=O) groups excluding carboxylic acids is 1. The molecule has 8 nitrogen and oxygen atoms in total. The molecule has 1 aromatic carbocycles. The van der Waals surface area contributed by atoms with Gasteiger partial charge in [-0.15, -0.1) is 16.4 Å². The fraction of sp³-hybridized carbons (Fsp3) is 0. The minimum absolute atomic E-state index is 0.0250. The number of nitrogens with zero attached hydrogens (tertiary/aromatic N) is 6. The van der Waals surface area contributed by atoms with Gasteiger partial charge in [-0.3, -0.25) is 4.79 Å². The molecule has 31 heavy (non-hydrogen) atoms. The first-order valence-corrected chi connectivity index (χ1v) is 10.1. The number of hydrogen-bond donors (Lipinski definition) is 1. The van der Waals surface area contributed by atoms with Crippen LogP contribution < -0.4 is 5.32 Å². The Kier molecular flexibility index (Phi) is 4.81. The molecule has 1 amide bonds. The highest BCUT2D eigenvalue weighted by molar-refractivity contribution is 7.13. The van der Waals surface area contributed by atoms with Crippen LogP contribution in [0.5, 0.6) is 0 Å². The molecule has 0 atom stereocenters. The van der Waals surface area contributed by atoms with E-state index in [0.29, 0.717) is 23.0 Å². The molecule has 4 heterocycles. The molecule has 10 heteroatoms. The van der Waals surface area contributed by atoms with Crippen molar-refractivity contribution in [3.05, 3.63) is 90.2 Å². The van der Waals surface area contributed by atoms with E-state index < -0.39 is 5.91 Å². The Morgan fingerprint density at radius 1 is 1.03 bits per heavy atom. The van der Waals surface area contributed by atoms with E-state index >= 15 is 0 Å². The summed E-state index contributed by atoms with van der Waals surface area (Å²) in [7, 11) is 0. The number of thiophene rings is 1. The van der Waals surface area contributed by atoms with E-state index in [1.54, 1.807) is 53.6 Å². The molecule has 0 aliphatic rings. The quantitative estimate of drug-likeness (QED) is 0.455. The smallest absolute Gasteiger partial charge is 0.295 e. The SMILES string of the molecule is O=C(Nc1cccnc1-n1cccn1)c1nc(-c2cccs2)n(-c2ccc(F)cc2)n1. The number of nitrogens with one attached hydrogen (secondary N) is 1. The third kappa shape index (κ3) is 3.71. The fourth-order valence-corrected chi connectivity index (χ4v) is 3.68. The number of halogens is 1. The van der Waals surface area contributed by atoms with E-state index in [2.05, 4.69) is 25.5 Å². The van der Waals surface area contributed by atoms with Gasteiger partial charge in [0, 0.05) is 18.6 Å². The van der Waals surface area contributed by atoms with Gasteiger partial charge in [-0.1, -0.05) is 6.07 Å². The van der Waals surface area contributed by atoms with Crippen molar-refractivity contribution in [2.45, 2.75) is 0 Å². The number of rotatable bonds is 5. The molecular formula is C21H14FN7OS. The minimum atomic E-state index is -0.500. The second-order valence-corrected chi connectivity index (χ2v) is 7.35. The maximum atomic E-state index is 13.4. The van der Waals surface area contributed by atoms with Crippen molar-refractivity contribution in [3.63, 3.8) is 0 Å². The summed E-state index contributed by atoms with van der Waals surface area (Å²) < 4.78 is 16.5. The van der Waals surface area contributed by atoms with Gasteiger partial charge in [0.2, 0.25) is 5.82 Å². The monoisotopic (exact) mass is 431 g/mol. The standard InChI is InChI=1S/C21H14FN7OS/c22-14-6-8-15(9-7-14)29-20(17-5-2-13-31-17)26-18(27-29)21(30)25-16-4-1-10-23-19(16)28-12-3-11-24-28/h1-13H,(H,25,30). The van der Waals surface area contributed by atoms with Crippen LogP contribution in [0.3, 0.4) is 0 Å². The maximum Gasteiger partial charge on any atom is 0.295 e. The number of anilines is 1. The summed E-state index contributed by atoms with van der Waals surface area (Å²) in [6, 6.07) is 14.8. The zero-order chi connectivity index (χ0) is 21.2. The number of benzene rings is 1. The van der Waals surface area contributed by atoms with Crippen molar-refractivity contribution in [1.82, 2.24) is 29.5 Å². The fourth-order valence-electron chi connectivity index (χ4n) is 2.99. The molecule has 0 aliphatic heterocycles. The normalized spacial score (nSPS) is 10.9. The molecule has 4 aromatic heterocycles. The van der Waals surface area contributed by atoms with Crippen LogP contribution in [0.15, 0.2) is 78.6 Å². The number of pyridine rings is 1. The molecule has 0 fully saturated rings. The molecule has 0 spiro atoms. The predicted molar refractivity (Wildman–Crippen MR) is 114 cm³/mol. The minimum Gasteiger partial charge on any atom is -0.316 e. The average Bonchev–Trinajstić information content (AvgIpc) is 3.56. The molecule has 0 aliphatic carbocycles. The number of amides is 1.